The minimum absolute atomic E-state index is 0.287. The van der Waals surface area contributed by atoms with Crippen molar-refractivity contribution in [3.05, 3.63) is 70.3 Å². The highest BCUT2D eigenvalue weighted by atomic mass is 16.5. The first kappa shape index (κ1) is 15.7. The molecule has 6 heteroatoms. The SMILES string of the molecule is COC(=O)c1ccc(C2OC(=O)c3cc(C(=O)OC)ccc32)cc1. The summed E-state index contributed by atoms with van der Waals surface area (Å²) in [6.07, 6.45) is -0.578. The van der Waals surface area contributed by atoms with Crippen molar-refractivity contribution in [1.82, 2.24) is 0 Å². The highest BCUT2D eigenvalue weighted by Crippen LogP contribution is 2.36. The van der Waals surface area contributed by atoms with Crippen LogP contribution in [0.5, 0.6) is 0 Å². The Kier molecular flexibility index (Phi) is 4.04. The van der Waals surface area contributed by atoms with Gasteiger partial charge in [-0.25, -0.2) is 14.4 Å². The van der Waals surface area contributed by atoms with Crippen molar-refractivity contribution in [2.75, 3.05) is 14.2 Å². The summed E-state index contributed by atoms with van der Waals surface area (Å²) in [7, 11) is 2.59. The highest BCUT2D eigenvalue weighted by molar-refractivity contribution is 5.98. The van der Waals surface area contributed by atoms with Crippen LogP contribution in [0.1, 0.15) is 48.3 Å². The van der Waals surface area contributed by atoms with Crippen LogP contribution in [0.3, 0.4) is 0 Å². The molecular formula is C18H14O6. The molecule has 0 amide bonds. The molecule has 0 aromatic heterocycles. The van der Waals surface area contributed by atoms with E-state index < -0.39 is 24.0 Å². The Morgan fingerprint density at radius 3 is 2.12 bits per heavy atom. The minimum Gasteiger partial charge on any atom is -0.465 e. The van der Waals surface area contributed by atoms with Gasteiger partial charge in [0.2, 0.25) is 0 Å². The second kappa shape index (κ2) is 6.16. The quantitative estimate of drug-likeness (QED) is 0.637. The van der Waals surface area contributed by atoms with Gasteiger partial charge in [0.15, 0.2) is 6.10 Å². The van der Waals surface area contributed by atoms with Crippen LogP contribution in [0, 0.1) is 0 Å². The predicted molar refractivity (Wildman–Crippen MR) is 82.8 cm³/mol. The van der Waals surface area contributed by atoms with E-state index in [1.807, 2.05) is 0 Å². The first-order valence-electron chi connectivity index (χ1n) is 7.16. The zero-order valence-electron chi connectivity index (χ0n) is 13.1. The summed E-state index contributed by atoms with van der Waals surface area (Å²) >= 11 is 0. The maximum atomic E-state index is 12.1. The van der Waals surface area contributed by atoms with Gasteiger partial charge in [-0.15, -0.1) is 0 Å². The van der Waals surface area contributed by atoms with Crippen molar-refractivity contribution in [3.8, 4) is 0 Å². The van der Waals surface area contributed by atoms with Gasteiger partial charge in [-0.1, -0.05) is 18.2 Å². The highest BCUT2D eigenvalue weighted by Gasteiger charge is 2.33. The van der Waals surface area contributed by atoms with Crippen molar-refractivity contribution in [2.24, 2.45) is 0 Å². The van der Waals surface area contributed by atoms with E-state index in [2.05, 4.69) is 9.47 Å². The van der Waals surface area contributed by atoms with E-state index in [4.69, 9.17) is 4.74 Å². The van der Waals surface area contributed by atoms with Crippen LogP contribution in [-0.4, -0.2) is 32.1 Å². The molecule has 1 unspecified atom stereocenters. The van der Waals surface area contributed by atoms with Crippen molar-refractivity contribution in [3.63, 3.8) is 0 Å². The van der Waals surface area contributed by atoms with Crippen molar-refractivity contribution in [2.45, 2.75) is 6.10 Å². The third-order valence-electron chi connectivity index (χ3n) is 3.84. The maximum absolute atomic E-state index is 12.1. The van der Waals surface area contributed by atoms with E-state index >= 15 is 0 Å². The normalized spacial score (nSPS) is 15.4. The van der Waals surface area contributed by atoms with Crippen LogP contribution in [0.2, 0.25) is 0 Å². The summed E-state index contributed by atoms with van der Waals surface area (Å²) in [5.41, 5.74) is 2.42. The number of fused-ring (bicyclic) bond motifs is 1. The lowest BCUT2D eigenvalue weighted by Gasteiger charge is -2.11. The molecular weight excluding hydrogens is 312 g/mol. The van der Waals surface area contributed by atoms with Gasteiger partial charge in [-0.05, 0) is 29.8 Å². The molecule has 0 bridgehead atoms. The molecule has 2 aromatic carbocycles. The number of carbonyl (C=O) groups excluding carboxylic acids is 3. The Balaban J connectivity index is 1.94. The van der Waals surface area contributed by atoms with Crippen LogP contribution < -0.4 is 0 Å². The molecule has 0 spiro atoms. The van der Waals surface area contributed by atoms with Crippen molar-refractivity contribution in [1.29, 1.82) is 0 Å². The first-order valence-corrected chi connectivity index (χ1v) is 7.16. The molecule has 6 nitrogen and oxygen atoms in total. The van der Waals surface area contributed by atoms with Gasteiger partial charge >= 0.3 is 17.9 Å². The molecule has 1 heterocycles. The fraction of sp³-hybridized carbons (Fsp3) is 0.167. The van der Waals surface area contributed by atoms with Gasteiger partial charge < -0.3 is 14.2 Å². The number of cyclic esters (lactones) is 1. The fourth-order valence-corrected chi connectivity index (χ4v) is 2.60. The van der Waals surface area contributed by atoms with Crippen LogP contribution >= 0.6 is 0 Å². The summed E-state index contributed by atoms with van der Waals surface area (Å²) in [5, 5.41) is 0. The average molecular weight is 326 g/mol. The van der Waals surface area contributed by atoms with E-state index in [9.17, 15) is 14.4 Å². The van der Waals surface area contributed by atoms with Crippen LogP contribution in [-0.2, 0) is 14.2 Å². The topological polar surface area (TPSA) is 78.9 Å². The van der Waals surface area contributed by atoms with Gasteiger partial charge in [0.1, 0.15) is 0 Å². The maximum Gasteiger partial charge on any atom is 0.339 e. The zero-order chi connectivity index (χ0) is 17.3. The zero-order valence-corrected chi connectivity index (χ0v) is 13.1. The standard InChI is InChI=1S/C18H14O6/c1-22-16(19)11-5-3-10(4-6-11)15-13-8-7-12(17(20)23-2)9-14(13)18(21)24-15/h3-9,15H,1-2H3. The molecule has 0 saturated carbocycles. The Morgan fingerprint density at radius 1 is 0.917 bits per heavy atom. The van der Waals surface area contributed by atoms with Crippen molar-refractivity contribution >= 4 is 17.9 Å². The molecule has 24 heavy (non-hydrogen) atoms. The Labute approximate surface area is 137 Å². The second-order valence-electron chi connectivity index (χ2n) is 5.19. The summed E-state index contributed by atoms with van der Waals surface area (Å²) in [6, 6.07) is 11.3. The lowest BCUT2D eigenvalue weighted by Crippen LogP contribution is -2.04. The van der Waals surface area contributed by atoms with Crippen LogP contribution in [0.4, 0.5) is 0 Å². The Hall–Kier alpha value is -3.15. The smallest absolute Gasteiger partial charge is 0.339 e. The summed E-state index contributed by atoms with van der Waals surface area (Å²) < 4.78 is 14.7. The van der Waals surface area contributed by atoms with E-state index in [0.717, 1.165) is 5.56 Å². The minimum atomic E-state index is -0.578. The van der Waals surface area contributed by atoms with E-state index in [1.165, 1.54) is 20.3 Å². The third-order valence-corrected chi connectivity index (χ3v) is 3.84. The van der Waals surface area contributed by atoms with Gasteiger partial charge in [0.25, 0.3) is 0 Å². The van der Waals surface area contributed by atoms with E-state index in [1.54, 1.807) is 36.4 Å². The van der Waals surface area contributed by atoms with Gasteiger partial charge in [0.05, 0.1) is 30.9 Å². The largest absolute Gasteiger partial charge is 0.465 e. The lowest BCUT2D eigenvalue weighted by molar-refractivity contribution is 0.0454. The third kappa shape index (κ3) is 2.62. The summed E-state index contributed by atoms with van der Waals surface area (Å²) in [6.45, 7) is 0. The molecule has 1 aliphatic heterocycles. The number of rotatable bonds is 3. The number of benzene rings is 2. The fourth-order valence-electron chi connectivity index (χ4n) is 2.60. The lowest BCUT2D eigenvalue weighted by atomic mass is 9.97. The van der Waals surface area contributed by atoms with Gasteiger partial charge in [-0.3, -0.25) is 0 Å². The molecule has 0 aliphatic carbocycles. The summed E-state index contributed by atoms with van der Waals surface area (Å²) in [4.78, 5) is 35.1. The number of methoxy groups -OCH3 is 2. The number of hydrogen-bond acceptors (Lipinski definition) is 6. The molecule has 0 saturated heterocycles. The van der Waals surface area contributed by atoms with Crippen LogP contribution in [0.25, 0.3) is 0 Å². The average Bonchev–Trinajstić information content (AvgIpc) is 2.96. The number of carbonyl (C=O) groups is 3. The van der Waals surface area contributed by atoms with E-state index in [0.29, 0.717) is 16.7 Å². The first-order chi connectivity index (χ1) is 11.5. The van der Waals surface area contributed by atoms with Gasteiger partial charge in [-0.2, -0.15) is 0 Å². The molecule has 0 fully saturated rings. The molecule has 3 rings (SSSR count). The monoisotopic (exact) mass is 326 g/mol. The number of ether oxygens (including phenoxy) is 3. The molecule has 0 radical (unpaired) electrons. The molecule has 0 N–H and O–H groups in total. The number of hydrogen-bond donors (Lipinski definition) is 0. The van der Waals surface area contributed by atoms with Crippen LogP contribution in [0.15, 0.2) is 42.5 Å². The molecule has 2 aromatic rings. The van der Waals surface area contributed by atoms with Gasteiger partial charge in [0, 0.05) is 5.56 Å². The Morgan fingerprint density at radius 2 is 1.50 bits per heavy atom. The van der Waals surface area contributed by atoms with Crippen molar-refractivity contribution < 1.29 is 28.6 Å². The van der Waals surface area contributed by atoms with E-state index in [-0.39, 0.29) is 5.56 Å². The summed E-state index contributed by atoms with van der Waals surface area (Å²) in [5.74, 6) is -1.46. The predicted octanol–water partition coefficient (Wildman–Crippen LogP) is 2.52. The number of esters is 3. The molecule has 1 aliphatic rings. The second-order valence-corrected chi connectivity index (χ2v) is 5.19. The Bertz CT molecular complexity index is 822. The molecule has 1 atom stereocenters. The molecule has 122 valence electrons.